The van der Waals surface area contributed by atoms with Crippen LogP contribution in [0.2, 0.25) is 0 Å². The molecule has 2 aromatic carbocycles. The second-order valence-corrected chi connectivity index (χ2v) is 8.08. The molecule has 0 aliphatic rings. The van der Waals surface area contributed by atoms with Crippen LogP contribution in [0.25, 0.3) is 21.9 Å². The maximum absolute atomic E-state index is 12.6. The number of tetrazole rings is 1. The molecule has 5 aromatic rings. The van der Waals surface area contributed by atoms with Gasteiger partial charge in [0.25, 0.3) is 5.91 Å². The van der Waals surface area contributed by atoms with Crippen molar-refractivity contribution in [1.82, 2.24) is 34.7 Å². The van der Waals surface area contributed by atoms with Gasteiger partial charge in [-0.1, -0.05) is 12.1 Å². The maximum Gasteiger partial charge on any atom is 0.291 e. The number of anilines is 1. The highest BCUT2D eigenvalue weighted by atomic mass is 16.2. The molecule has 0 radical (unpaired) electrons. The van der Waals surface area contributed by atoms with Crippen LogP contribution in [0.3, 0.4) is 0 Å². The second kappa shape index (κ2) is 8.26. The number of carbonyl (C=O) groups is 1. The number of benzene rings is 2. The van der Waals surface area contributed by atoms with E-state index in [-0.39, 0.29) is 11.9 Å². The molecule has 162 valence electrons. The normalized spacial score (nSPS) is 11.6. The van der Waals surface area contributed by atoms with Crippen LogP contribution in [0.4, 0.5) is 5.69 Å². The topological polar surface area (TPSA) is 106 Å². The number of hydrogen-bond donors (Lipinski definition) is 2. The molecule has 0 fully saturated rings. The Morgan fingerprint density at radius 3 is 2.88 bits per heavy atom. The first-order valence-electron chi connectivity index (χ1n) is 10.7. The van der Waals surface area contributed by atoms with Gasteiger partial charge in [0.1, 0.15) is 0 Å². The van der Waals surface area contributed by atoms with Gasteiger partial charge in [0.15, 0.2) is 11.6 Å². The molecule has 0 atom stereocenters. The molecule has 0 aliphatic heterocycles. The first kappa shape index (κ1) is 19.9. The standard InChI is InChI=1S/C23H24N8O/c1-15(2)31-21(27-28-29-31)8-5-12-30-13-11-16-14-17(9-10-20(16)30)24-23(32)22-25-18-6-3-4-7-19(18)26-22/h3-4,6-7,9-11,13-15H,5,8,12H2,1-2H3,(H,24,32)(H,25,26). The van der Waals surface area contributed by atoms with Crippen LogP contribution in [0.5, 0.6) is 0 Å². The molecular weight excluding hydrogens is 404 g/mol. The van der Waals surface area contributed by atoms with Crippen LogP contribution >= 0.6 is 0 Å². The van der Waals surface area contributed by atoms with Crippen molar-refractivity contribution in [1.29, 1.82) is 0 Å². The summed E-state index contributed by atoms with van der Waals surface area (Å²) in [6.07, 6.45) is 3.82. The predicted molar refractivity (Wildman–Crippen MR) is 123 cm³/mol. The fourth-order valence-corrected chi connectivity index (χ4v) is 3.91. The third-order valence-corrected chi connectivity index (χ3v) is 5.48. The van der Waals surface area contributed by atoms with E-state index in [1.807, 2.05) is 47.1 Å². The highest BCUT2D eigenvalue weighted by Gasteiger charge is 2.13. The van der Waals surface area contributed by atoms with Crippen molar-refractivity contribution in [2.75, 3.05) is 5.32 Å². The molecule has 1 amide bonds. The number of para-hydroxylation sites is 2. The largest absolute Gasteiger partial charge is 0.347 e. The van der Waals surface area contributed by atoms with E-state index in [0.29, 0.717) is 5.82 Å². The van der Waals surface area contributed by atoms with Gasteiger partial charge in [-0.3, -0.25) is 4.79 Å². The van der Waals surface area contributed by atoms with Gasteiger partial charge >= 0.3 is 0 Å². The highest BCUT2D eigenvalue weighted by molar-refractivity contribution is 6.04. The van der Waals surface area contributed by atoms with Crippen molar-refractivity contribution in [2.24, 2.45) is 0 Å². The summed E-state index contributed by atoms with van der Waals surface area (Å²) in [5.41, 5.74) is 3.47. The number of rotatable bonds is 7. The molecule has 3 heterocycles. The zero-order valence-electron chi connectivity index (χ0n) is 18.0. The molecule has 9 heteroatoms. The lowest BCUT2D eigenvalue weighted by atomic mass is 10.2. The number of nitrogens with zero attached hydrogens (tertiary/aromatic N) is 6. The minimum absolute atomic E-state index is 0.251. The number of hydrogen-bond acceptors (Lipinski definition) is 5. The van der Waals surface area contributed by atoms with Crippen LogP contribution in [0, 0.1) is 0 Å². The Kier molecular flexibility index (Phi) is 5.14. The second-order valence-electron chi connectivity index (χ2n) is 8.08. The minimum atomic E-state index is -0.261. The van der Waals surface area contributed by atoms with E-state index in [0.717, 1.165) is 52.8 Å². The number of H-pyrrole nitrogens is 1. The molecular formula is C23H24N8O. The molecule has 9 nitrogen and oxygen atoms in total. The lowest BCUT2D eigenvalue weighted by Gasteiger charge is -2.09. The number of aromatic amines is 1. The summed E-state index contributed by atoms with van der Waals surface area (Å²) in [6, 6.07) is 15.8. The molecule has 0 saturated carbocycles. The molecule has 2 N–H and O–H groups in total. The highest BCUT2D eigenvalue weighted by Crippen LogP contribution is 2.22. The number of imidazole rings is 1. The smallest absolute Gasteiger partial charge is 0.291 e. The Morgan fingerprint density at radius 1 is 1.16 bits per heavy atom. The fraction of sp³-hybridized carbons (Fsp3) is 0.261. The lowest BCUT2D eigenvalue weighted by Crippen LogP contribution is -2.13. The molecule has 0 saturated heterocycles. The lowest BCUT2D eigenvalue weighted by molar-refractivity contribution is 0.101. The number of nitrogens with one attached hydrogen (secondary N) is 2. The van der Waals surface area contributed by atoms with Crippen LogP contribution in [-0.4, -0.2) is 40.6 Å². The van der Waals surface area contributed by atoms with Crippen LogP contribution in [0.1, 0.15) is 42.8 Å². The van der Waals surface area contributed by atoms with E-state index in [4.69, 9.17) is 0 Å². The Morgan fingerprint density at radius 2 is 2.03 bits per heavy atom. The third kappa shape index (κ3) is 3.84. The van der Waals surface area contributed by atoms with Crippen molar-refractivity contribution < 1.29 is 4.79 Å². The van der Waals surface area contributed by atoms with E-state index >= 15 is 0 Å². The minimum Gasteiger partial charge on any atom is -0.347 e. The van der Waals surface area contributed by atoms with Crippen LogP contribution in [-0.2, 0) is 13.0 Å². The molecule has 5 rings (SSSR count). The first-order chi connectivity index (χ1) is 15.6. The summed E-state index contributed by atoms with van der Waals surface area (Å²) < 4.78 is 4.08. The van der Waals surface area contributed by atoms with Crippen molar-refractivity contribution in [3.8, 4) is 0 Å². The maximum atomic E-state index is 12.6. The number of carbonyl (C=O) groups excluding carboxylic acids is 1. The molecule has 0 bridgehead atoms. The average Bonchev–Trinajstić information content (AvgIpc) is 3.52. The van der Waals surface area contributed by atoms with Gasteiger partial charge in [-0.15, -0.1) is 5.10 Å². The first-order valence-corrected chi connectivity index (χ1v) is 10.7. The van der Waals surface area contributed by atoms with Gasteiger partial charge in [0.2, 0.25) is 0 Å². The van der Waals surface area contributed by atoms with Crippen LogP contribution < -0.4 is 5.32 Å². The quantitative estimate of drug-likeness (QED) is 0.408. The SMILES string of the molecule is CC(C)n1nnnc1CCCn1ccc2cc(NC(=O)c3nc4ccccc4[nH]3)ccc21. The van der Waals surface area contributed by atoms with Crippen molar-refractivity contribution in [3.05, 3.63) is 66.4 Å². The van der Waals surface area contributed by atoms with E-state index < -0.39 is 0 Å². The van der Waals surface area contributed by atoms with Gasteiger partial charge in [-0.2, -0.15) is 0 Å². The van der Waals surface area contributed by atoms with Crippen molar-refractivity contribution >= 4 is 33.5 Å². The van der Waals surface area contributed by atoms with Gasteiger partial charge < -0.3 is 14.9 Å². The van der Waals surface area contributed by atoms with Crippen LogP contribution in [0.15, 0.2) is 54.7 Å². The number of aromatic nitrogens is 7. The number of aryl methyl sites for hydroxylation is 2. The summed E-state index contributed by atoms with van der Waals surface area (Å²) in [5, 5.41) is 16.0. The number of fused-ring (bicyclic) bond motifs is 2. The summed E-state index contributed by atoms with van der Waals surface area (Å²) >= 11 is 0. The average molecular weight is 429 g/mol. The van der Waals surface area contributed by atoms with Gasteiger partial charge in [-0.05, 0) is 67.1 Å². The van der Waals surface area contributed by atoms with Gasteiger partial charge in [-0.25, -0.2) is 9.67 Å². The molecule has 3 aromatic heterocycles. The zero-order valence-corrected chi connectivity index (χ0v) is 18.0. The van der Waals surface area contributed by atoms with Gasteiger partial charge in [0, 0.05) is 35.8 Å². The molecule has 0 unspecified atom stereocenters. The zero-order chi connectivity index (χ0) is 22.1. The molecule has 0 spiro atoms. The van der Waals surface area contributed by atoms with E-state index in [9.17, 15) is 4.79 Å². The summed E-state index contributed by atoms with van der Waals surface area (Å²) in [7, 11) is 0. The molecule has 0 aliphatic carbocycles. The summed E-state index contributed by atoms with van der Waals surface area (Å²) in [6.45, 7) is 5.01. The predicted octanol–water partition coefficient (Wildman–Crippen LogP) is 3.97. The third-order valence-electron chi connectivity index (χ3n) is 5.48. The summed E-state index contributed by atoms with van der Waals surface area (Å²) in [4.78, 5) is 20.0. The Hall–Kier alpha value is -4.01. The monoisotopic (exact) mass is 428 g/mol. The van der Waals surface area contributed by atoms with Crippen molar-refractivity contribution in [2.45, 2.75) is 39.3 Å². The van der Waals surface area contributed by atoms with E-state index in [2.05, 4.69) is 61.5 Å². The summed E-state index contributed by atoms with van der Waals surface area (Å²) in [5.74, 6) is 0.947. The Labute approximate surface area is 184 Å². The van der Waals surface area contributed by atoms with Crippen molar-refractivity contribution in [3.63, 3.8) is 0 Å². The Bertz CT molecular complexity index is 1360. The fourth-order valence-electron chi connectivity index (χ4n) is 3.91. The number of amides is 1. The molecule has 32 heavy (non-hydrogen) atoms. The van der Waals surface area contributed by atoms with Gasteiger partial charge in [0.05, 0.1) is 17.1 Å². The van der Waals surface area contributed by atoms with E-state index in [1.165, 1.54) is 0 Å². The Balaban J connectivity index is 1.26. The van der Waals surface area contributed by atoms with E-state index in [1.54, 1.807) is 0 Å².